The van der Waals surface area contributed by atoms with Gasteiger partial charge in [0.05, 0.1) is 18.2 Å². The molecule has 1 aliphatic heterocycles. The van der Waals surface area contributed by atoms with E-state index >= 15 is 0 Å². The Morgan fingerprint density at radius 3 is 2.90 bits per heavy atom. The Labute approximate surface area is 173 Å². The number of nitrogens with zero attached hydrogens (tertiary/aromatic N) is 1. The first kappa shape index (κ1) is 19.9. The first-order valence-electron chi connectivity index (χ1n) is 9.91. The maximum absolute atomic E-state index is 13.8. The third-order valence-electron chi connectivity index (χ3n) is 6.01. The molecule has 6 nitrogen and oxygen atoms in total. The first-order chi connectivity index (χ1) is 14.4. The summed E-state index contributed by atoms with van der Waals surface area (Å²) in [5.41, 5.74) is 2.04. The minimum atomic E-state index is -0.875. The zero-order valence-corrected chi connectivity index (χ0v) is 16.3. The molecular formula is C23H21FN2O4. The Morgan fingerprint density at radius 2 is 2.13 bits per heavy atom. The molecule has 0 saturated heterocycles. The molecule has 1 amide bonds. The molecule has 2 aromatic carbocycles. The Morgan fingerprint density at radius 1 is 1.30 bits per heavy atom. The number of carbonyl (C=O) groups is 2. The predicted octanol–water partition coefficient (Wildman–Crippen LogP) is 3.78. The molecule has 1 aliphatic carbocycles. The molecule has 1 saturated carbocycles. The number of halogens is 1. The number of aryl methyl sites for hydroxylation is 1. The van der Waals surface area contributed by atoms with Crippen molar-refractivity contribution in [3.63, 3.8) is 0 Å². The van der Waals surface area contributed by atoms with Crippen LogP contribution in [0.4, 0.5) is 10.1 Å². The number of carboxylic acid groups (broad SMARTS) is 1. The quantitative estimate of drug-likeness (QED) is 0.758. The molecule has 2 atom stereocenters. The third-order valence-corrected chi connectivity index (χ3v) is 6.01. The van der Waals surface area contributed by atoms with Gasteiger partial charge in [-0.15, -0.1) is 0 Å². The molecule has 0 aromatic heterocycles. The summed E-state index contributed by atoms with van der Waals surface area (Å²) in [6.07, 6.45) is 2.20. The van der Waals surface area contributed by atoms with Gasteiger partial charge in [0.15, 0.2) is 0 Å². The normalized spacial score (nSPS) is 21.3. The number of benzene rings is 2. The molecule has 2 aromatic rings. The van der Waals surface area contributed by atoms with Gasteiger partial charge in [0.1, 0.15) is 11.6 Å². The minimum Gasteiger partial charge on any atom is -0.493 e. The molecule has 154 valence electrons. The highest BCUT2D eigenvalue weighted by Gasteiger charge is 2.61. The van der Waals surface area contributed by atoms with E-state index in [0.717, 1.165) is 11.1 Å². The molecule has 1 heterocycles. The number of rotatable bonds is 6. The largest absolute Gasteiger partial charge is 0.493 e. The lowest BCUT2D eigenvalue weighted by Crippen LogP contribution is -2.27. The Bertz CT molecular complexity index is 1060. The molecule has 30 heavy (non-hydrogen) atoms. The highest BCUT2D eigenvalue weighted by Crippen LogP contribution is 2.61. The number of nitrogens with one attached hydrogen (secondary N) is 1. The average molecular weight is 408 g/mol. The fourth-order valence-electron chi connectivity index (χ4n) is 4.35. The number of ether oxygens (including phenoxy) is 1. The van der Waals surface area contributed by atoms with E-state index in [2.05, 4.69) is 11.4 Å². The summed E-state index contributed by atoms with van der Waals surface area (Å²) in [6, 6.07) is 11.5. The van der Waals surface area contributed by atoms with E-state index in [1.807, 2.05) is 0 Å². The van der Waals surface area contributed by atoms with Gasteiger partial charge < -0.3 is 15.2 Å². The molecule has 4 rings (SSSR count). The summed E-state index contributed by atoms with van der Waals surface area (Å²) in [4.78, 5) is 23.9. The molecule has 0 unspecified atom stereocenters. The van der Waals surface area contributed by atoms with Gasteiger partial charge in [-0.2, -0.15) is 5.26 Å². The SMILES string of the molecule is N#Cc1ccc(CCCC(=O)O)c(NC(=O)[C@@H]2C[C@]23CCOc2ccc(F)cc23)c1. The minimum absolute atomic E-state index is 0.0292. The standard InChI is InChI=1S/C23H21FN2O4/c24-16-6-7-20-17(11-16)23(8-9-30-20)12-18(23)22(29)26-19-10-14(13-25)4-5-15(19)2-1-3-21(27)28/h4-7,10-11,18H,1-3,8-9,12H2,(H,26,29)(H,27,28)/t18-,23-/m0/s1. The molecule has 0 radical (unpaired) electrons. The smallest absolute Gasteiger partial charge is 0.303 e. The van der Waals surface area contributed by atoms with Gasteiger partial charge >= 0.3 is 5.97 Å². The van der Waals surface area contributed by atoms with E-state index in [0.29, 0.717) is 49.3 Å². The lowest BCUT2D eigenvalue weighted by atomic mass is 9.87. The maximum Gasteiger partial charge on any atom is 0.303 e. The fourth-order valence-corrected chi connectivity index (χ4v) is 4.35. The van der Waals surface area contributed by atoms with Gasteiger partial charge in [0.2, 0.25) is 5.91 Å². The number of nitriles is 1. The van der Waals surface area contributed by atoms with E-state index < -0.39 is 11.4 Å². The number of aliphatic carboxylic acids is 1. The summed E-state index contributed by atoms with van der Waals surface area (Å²) in [7, 11) is 0. The van der Waals surface area contributed by atoms with Gasteiger partial charge in [0, 0.05) is 29.0 Å². The Balaban J connectivity index is 1.54. The summed E-state index contributed by atoms with van der Waals surface area (Å²) < 4.78 is 19.5. The topological polar surface area (TPSA) is 99.4 Å². The van der Waals surface area contributed by atoms with Crippen LogP contribution < -0.4 is 10.1 Å². The second-order valence-corrected chi connectivity index (χ2v) is 7.87. The number of carboxylic acids is 1. The Kier molecular flexibility index (Phi) is 5.17. The van der Waals surface area contributed by atoms with Crippen molar-refractivity contribution < 1.29 is 23.8 Å². The van der Waals surface area contributed by atoms with Crippen LogP contribution in [0.25, 0.3) is 0 Å². The number of hydrogen-bond acceptors (Lipinski definition) is 4. The zero-order valence-electron chi connectivity index (χ0n) is 16.3. The van der Waals surface area contributed by atoms with E-state index in [4.69, 9.17) is 9.84 Å². The number of fused-ring (bicyclic) bond motifs is 2. The average Bonchev–Trinajstić information content (AvgIpc) is 3.44. The van der Waals surface area contributed by atoms with Crippen molar-refractivity contribution in [1.82, 2.24) is 0 Å². The summed E-state index contributed by atoms with van der Waals surface area (Å²) in [5.74, 6) is -1.09. The highest BCUT2D eigenvalue weighted by molar-refractivity contribution is 5.97. The number of hydrogen-bond donors (Lipinski definition) is 2. The second kappa shape index (κ2) is 7.79. The number of amides is 1. The molecular weight excluding hydrogens is 387 g/mol. The lowest BCUT2D eigenvalue weighted by molar-refractivity contribution is -0.137. The van der Waals surface area contributed by atoms with Crippen molar-refractivity contribution in [2.75, 3.05) is 11.9 Å². The molecule has 2 N–H and O–H groups in total. The van der Waals surface area contributed by atoms with Gasteiger partial charge in [-0.05, 0) is 61.6 Å². The molecule has 7 heteroatoms. The van der Waals surface area contributed by atoms with Crippen molar-refractivity contribution in [1.29, 1.82) is 5.26 Å². The Hall–Kier alpha value is -3.40. The zero-order chi connectivity index (χ0) is 21.3. The van der Waals surface area contributed by atoms with Crippen LogP contribution in [-0.4, -0.2) is 23.6 Å². The fraction of sp³-hybridized carbons (Fsp3) is 0.348. The van der Waals surface area contributed by atoms with E-state index in [1.165, 1.54) is 12.1 Å². The van der Waals surface area contributed by atoms with Crippen LogP contribution in [-0.2, 0) is 21.4 Å². The van der Waals surface area contributed by atoms with Crippen LogP contribution in [0.2, 0.25) is 0 Å². The van der Waals surface area contributed by atoms with Crippen LogP contribution in [0, 0.1) is 23.1 Å². The van der Waals surface area contributed by atoms with Crippen molar-refractivity contribution in [2.45, 2.75) is 37.5 Å². The van der Waals surface area contributed by atoms with Crippen LogP contribution in [0.3, 0.4) is 0 Å². The van der Waals surface area contributed by atoms with Crippen molar-refractivity contribution in [3.05, 3.63) is 58.9 Å². The van der Waals surface area contributed by atoms with Gasteiger partial charge in [-0.3, -0.25) is 9.59 Å². The second-order valence-electron chi connectivity index (χ2n) is 7.87. The number of anilines is 1. The van der Waals surface area contributed by atoms with E-state index in [-0.39, 0.29) is 24.1 Å². The first-order valence-corrected chi connectivity index (χ1v) is 9.91. The summed E-state index contributed by atoms with van der Waals surface area (Å²) in [5, 5.41) is 21.0. The van der Waals surface area contributed by atoms with Crippen LogP contribution in [0.1, 0.15) is 42.4 Å². The molecule has 2 aliphatic rings. The highest BCUT2D eigenvalue weighted by atomic mass is 19.1. The van der Waals surface area contributed by atoms with Crippen molar-refractivity contribution in [2.24, 2.45) is 5.92 Å². The van der Waals surface area contributed by atoms with Crippen molar-refractivity contribution >= 4 is 17.6 Å². The summed E-state index contributed by atoms with van der Waals surface area (Å²) >= 11 is 0. The van der Waals surface area contributed by atoms with Crippen LogP contribution in [0.5, 0.6) is 5.75 Å². The molecule has 1 fully saturated rings. The molecule has 1 spiro atoms. The van der Waals surface area contributed by atoms with E-state index in [9.17, 15) is 19.2 Å². The van der Waals surface area contributed by atoms with Gasteiger partial charge in [0.25, 0.3) is 0 Å². The van der Waals surface area contributed by atoms with Gasteiger partial charge in [-0.25, -0.2) is 4.39 Å². The van der Waals surface area contributed by atoms with Crippen LogP contribution >= 0.6 is 0 Å². The lowest BCUT2D eigenvalue weighted by Gasteiger charge is -2.27. The van der Waals surface area contributed by atoms with Gasteiger partial charge in [-0.1, -0.05) is 6.07 Å². The maximum atomic E-state index is 13.8. The molecule has 0 bridgehead atoms. The van der Waals surface area contributed by atoms with Crippen LogP contribution in [0.15, 0.2) is 36.4 Å². The van der Waals surface area contributed by atoms with Crippen molar-refractivity contribution in [3.8, 4) is 11.8 Å². The predicted molar refractivity (Wildman–Crippen MR) is 107 cm³/mol. The third kappa shape index (κ3) is 3.73. The summed E-state index contributed by atoms with van der Waals surface area (Å²) in [6.45, 7) is 0.479. The monoisotopic (exact) mass is 408 g/mol. The van der Waals surface area contributed by atoms with E-state index in [1.54, 1.807) is 24.3 Å². The number of carbonyl (C=O) groups excluding carboxylic acids is 1.